The van der Waals surface area contributed by atoms with Crippen molar-refractivity contribution in [2.24, 2.45) is 0 Å². The molecule has 1 aromatic carbocycles. The Bertz CT molecular complexity index is 443. The highest BCUT2D eigenvalue weighted by atomic mass is 79.9. The Morgan fingerprint density at radius 2 is 2.12 bits per heavy atom. The molecule has 1 rings (SSSR count). The van der Waals surface area contributed by atoms with Gasteiger partial charge in [0.25, 0.3) is 0 Å². The quantitative estimate of drug-likeness (QED) is 0.850. The van der Waals surface area contributed by atoms with E-state index in [0.717, 1.165) is 16.7 Å². The molecule has 16 heavy (non-hydrogen) atoms. The third-order valence-corrected chi connectivity index (χ3v) is 2.79. The van der Waals surface area contributed by atoms with E-state index < -0.39 is 0 Å². The van der Waals surface area contributed by atoms with Crippen molar-refractivity contribution in [3.05, 3.63) is 28.2 Å². The molecule has 0 saturated heterocycles. The highest BCUT2D eigenvalue weighted by molar-refractivity contribution is 9.10. The van der Waals surface area contributed by atoms with Crippen molar-refractivity contribution < 1.29 is 0 Å². The first-order valence-corrected chi connectivity index (χ1v) is 5.83. The summed E-state index contributed by atoms with van der Waals surface area (Å²) in [6.07, 6.45) is 0.464. The van der Waals surface area contributed by atoms with Crippen LogP contribution < -0.4 is 4.90 Å². The fourth-order valence-electron chi connectivity index (χ4n) is 1.49. The molecule has 82 valence electrons. The van der Waals surface area contributed by atoms with Crippen molar-refractivity contribution in [3.63, 3.8) is 0 Å². The maximum absolute atomic E-state index is 9.02. The van der Waals surface area contributed by atoms with Crippen LogP contribution in [0, 0.1) is 22.7 Å². The van der Waals surface area contributed by atoms with Gasteiger partial charge in [0.15, 0.2) is 0 Å². The Morgan fingerprint density at radius 3 is 2.69 bits per heavy atom. The van der Waals surface area contributed by atoms with Gasteiger partial charge in [-0.25, -0.2) is 0 Å². The molecule has 0 radical (unpaired) electrons. The average molecular weight is 278 g/mol. The van der Waals surface area contributed by atoms with Gasteiger partial charge in [0.1, 0.15) is 6.07 Å². The van der Waals surface area contributed by atoms with E-state index in [1.165, 1.54) is 0 Å². The van der Waals surface area contributed by atoms with E-state index >= 15 is 0 Å². The van der Waals surface area contributed by atoms with Gasteiger partial charge in [-0.15, -0.1) is 0 Å². The lowest BCUT2D eigenvalue weighted by Crippen LogP contribution is -2.24. The monoisotopic (exact) mass is 277 g/mol. The first-order chi connectivity index (χ1) is 7.72. The molecule has 0 aromatic heterocycles. The molecule has 0 heterocycles. The zero-order valence-corrected chi connectivity index (χ0v) is 10.7. The summed E-state index contributed by atoms with van der Waals surface area (Å²) in [7, 11) is 0. The van der Waals surface area contributed by atoms with Crippen LogP contribution in [0.1, 0.15) is 18.9 Å². The van der Waals surface area contributed by atoms with Crippen molar-refractivity contribution in [3.8, 4) is 12.1 Å². The summed E-state index contributed by atoms with van der Waals surface area (Å²) < 4.78 is 0.942. The Labute approximate surface area is 104 Å². The Morgan fingerprint density at radius 1 is 1.38 bits per heavy atom. The molecule has 0 unspecified atom stereocenters. The van der Waals surface area contributed by atoms with Gasteiger partial charge in [-0.2, -0.15) is 10.5 Å². The molecule has 0 aliphatic rings. The van der Waals surface area contributed by atoms with Crippen LogP contribution in [0.5, 0.6) is 0 Å². The molecule has 1 aromatic rings. The first kappa shape index (κ1) is 12.5. The zero-order valence-electron chi connectivity index (χ0n) is 9.07. The minimum Gasteiger partial charge on any atom is -0.370 e. The minimum atomic E-state index is 0.464. The highest BCUT2D eigenvalue weighted by Crippen LogP contribution is 2.24. The molecule has 4 heteroatoms. The summed E-state index contributed by atoms with van der Waals surface area (Å²) in [5.41, 5.74) is 1.53. The highest BCUT2D eigenvalue weighted by Gasteiger charge is 2.09. The Hall–Kier alpha value is -1.52. The smallest absolute Gasteiger partial charge is 0.101 e. The van der Waals surface area contributed by atoms with Crippen molar-refractivity contribution in [1.29, 1.82) is 10.5 Å². The summed E-state index contributed by atoms with van der Waals surface area (Å²) in [5.74, 6) is 0. The van der Waals surface area contributed by atoms with Gasteiger partial charge in [-0.3, -0.25) is 0 Å². The second kappa shape index (κ2) is 6.15. The number of nitrogens with zero attached hydrogens (tertiary/aromatic N) is 3. The summed E-state index contributed by atoms with van der Waals surface area (Å²) >= 11 is 3.39. The molecule has 0 aliphatic carbocycles. The molecule has 0 aliphatic heterocycles. The van der Waals surface area contributed by atoms with Crippen LogP contribution in [0.25, 0.3) is 0 Å². The summed E-state index contributed by atoms with van der Waals surface area (Å²) in [6, 6.07) is 9.84. The summed E-state index contributed by atoms with van der Waals surface area (Å²) in [6.45, 7) is 3.45. The van der Waals surface area contributed by atoms with Gasteiger partial charge >= 0.3 is 0 Å². The number of halogens is 1. The van der Waals surface area contributed by atoms with Crippen LogP contribution in [0.2, 0.25) is 0 Å². The number of nitriles is 2. The molecule has 0 spiro atoms. The molecule has 3 nitrogen and oxygen atoms in total. The zero-order chi connectivity index (χ0) is 12.0. The molecule has 0 saturated carbocycles. The van der Waals surface area contributed by atoms with Gasteiger partial charge in [-0.05, 0) is 25.1 Å². The van der Waals surface area contributed by atoms with Gasteiger partial charge in [0.2, 0.25) is 0 Å². The average Bonchev–Trinajstić information content (AvgIpc) is 2.30. The van der Waals surface area contributed by atoms with Crippen LogP contribution in [0.15, 0.2) is 22.7 Å². The Balaban J connectivity index is 3.04. The fraction of sp³-hybridized carbons (Fsp3) is 0.333. The molecule has 0 amide bonds. The summed E-state index contributed by atoms with van der Waals surface area (Å²) in [5, 5.41) is 17.6. The predicted octanol–water partition coefficient (Wildman–Crippen LogP) is 3.06. The topological polar surface area (TPSA) is 50.8 Å². The first-order valence-electron chi connectivity index (χ1n) is 5.04. The third-order valence-electron chi connectivity index (χ3n) is 2.30. The van der Waals surface area contributed by atoms with Crippen molar-refractivity contribution in [2.75, 3.05) is 18.0 Å². The van der Waals surface area contributed by atoms with Gasteiger partial charge in [0, 0.05) is 17.6 Å². The SMILES string of the molecule is CCN(CCC#N)c1cc(Br)ccc1C#N. The number of hydrogen-bond acceptors (Lipinski definition) is 3. The molecule has 0 bridgehead atoms. The van der Waals surface area contributed by atoms with Crippen molar-refractivity contribution in [2.45, 2.75) is 13.3 Å². The second-order valence-electron chi connectivity index (χ2n) is 3.26. The lowest BCUT2D eigenvalue weighted by molar-refractivity contribution is 0.825. The lowest BCUT2D eigenvalue weighted by atomic mass is 10.1. The van der Waals surface area contributed by atoms with E-state index in [4.69, 9.17) is 10.5 Å². The van der Waals surface area contributed by atoms with Crippen LogP contribution in [-0.2, 0) is 0 Å². The van der Waals surface area contributed by atoms with E-state index in [9.17, 15) is 0 Å². The second-order valence-corrected chi connectivity index (χ2v) is 4.18. The largest absolute Gasteiger partial charge is 0.370 e. The Kier molecular flexibility index (Phi) is 4.82. The minimum absolute atomic E-state index is 0.464. The molecule has 0 atom stereocenters. The molecular formula is C12H12BrN3. The van der Waals surface area contributed by atoms with Crippen LogP contribution in [0.3, 0.4) is 0 Å². The normalized spacial score (nSPS) is 9.25. The van der Waals surface area contributed by atoms with Crippen LogP contribution in [0.4, 0.5) is 5.69 Å². The van der Waals surface area contributed by atoms with Gasteiger partial charge in [-0.1, -0.05) is 15.9 Å². The maximum atomic E-state index is 9.02. The third kappa shape index (κ3) is 2.98. The molecule has 0 fully saturated rings. The van der Waals surface area contributed by atoms with Crippen LogP contribution >= 0.6 is 15.9 Å². The number of hydrogen-bond donors (Lipinski definition) is 0. The fourth-order valence-corrected chi connectivity index (χ4v) is 1.84. The number of benzene rings is 1. The van der Waals surface area contributed by atoms with Crippen molar-refractivity contribution >= 4 is 21.6 Å². The molecule has 0 N–H and O–H groups in total. The summed E-state index contributed by atoms with van der Waals surface area (Å²) in [4.78, 5) is 2.03. The molecular weight excluding hydrogens is 266 g/mol. The standard InChI is InChI=1S/C12H12BrN3/c1-2-16(7-3-6-14)12-8-11(13)5-4-10(12)9-15/h4-5,8H,2-3,7H2,1H3. The predicted molar refractivity (Wildman–Crippen MR) is 67.0 cm³/mol. The van der Waals surface area contributed by atoms with Crippen LogP contribution in [-0.4, -0.2) is 13.1 Å². The van der Waals surface area contributed by atoms with E-state index in [0.29, 0.717) is 18.5 Å². The van der Waals surface area contributed by atoms with E-state index in [1.807, 2.05) is 24.0 Å². The van der Waals surface area contributed by atoms with Crippen molar-refractivity contribution in [1.82, 2.24) is 0 Å². The van der Waals surface area contributed by atoms with E-state index in [2.05, 4.69) is 28.1 Å². The maximum Gasteiger partial charge on any atom is 0.101 e. The van der Waals surface area contributed by atoms with Gasteiger partial charge < -0.3 is 4.90 Å². The lowest BCUT2D eigenvalue weighted by Gasteiger charge is -2.23. The van der Waals surface area contributed by atoms with E-state index in [1.54, 1.807) is 6.07 Å². The number of anilines is 1. The van der Waals surface area contributed by atoms with E-state index in [-0.39, 0.29) is 0 Å². The van der Waals surface area contributed by atoms with Gasteiger partial charge in [0.05, 0.1) is 23.7 Å². The number of rotatable bonds is 4.